The molecule has 0 bridgehead atoms. The Hall–Kier alpha value is -2.90. The summed E-state index contributed by atoms with van der Waals surface area (Å²) in [6.07, 6.45) is 3.65. The van der Waals surface area contributed by atoms with Gasteiger partial charge in [-0.3, -0.25) is 4.98 Å². The van der Waals surface area contributed by atoms with E-state index in [1.54, 1.807) is 18.0 Å². The summed E-state index contributed by atoms with van der Waals surface area (Å²) in [5.41, 5.74) is 2.00. The van der Waals surface area contributed by atoms with Crippen molar-refractivity contribution in [3.8, 4) is 11.5 Å². The van der Waals surface area contributed by atoms with E-state index in [9.17, 15) is 0 Å². The summed E-state index contributed by atoms with van der Waals surface area (Å²) in [6.45, 7) is 1.97. The zero-order chi connectivity index (χ0) is 19.2. The van der Waals surface area contributed by atoms with E-state index in [1.807, 2.05) is 73.1 Å². The third-order valence-corrected chi connectivity index (χ3v) is 5.63. The van der Waals surface area contributed by atoms with Crippen LogP contribution in [0.15, 0.2) is 77.3 Å². The molecule has 0 radical (unpaired) electrons. The highest BCUT2D eigenvalue weighted by Crippen LogP contribution is 2.34. The molecule has 3 heterocycles. The summed E-state index contributed by atoms with van der Waals surface area (Å²) in [5.74, 6) is 2.83. The maximum absolute atomic E-state index is 6.10. The van der Waals surface area contributed by atoms with Crippen LogP contribution in [-0.4, -0.2) is 15.0 Å². The van der Waals surface area contributed by atoms with Gasteiger partial charge in [0.2, 0.25) is 0 Å². The summed E-state index contributed by atoms with van der Waals surface area (Å²) in [4.78, 5) is 14.4. The largest absolute Gasteiger partial charge is 0.453 e. The van der Waals surface area contributed by atoms with Crippen molar-refractivity contribution in [2.24, 2.45) is 0 Å². The van der Waals surface area contributed by atoms with Gasteiger partial charge in [0.25, 0.3) is 0 Å². The molecule has 0 aliphatic carbocycles. The van der Waals surface area contributed by atoms with E-state index in [1.165, 1.54) is 11.3 Å². The smallest absolute Gasteiger partial charge is 0.188 e. The molecule has 0 unspecified atom stereocenters. The van der Waals surface area contributed by atoms with Crippen molar-refractivity contribution >= 4 is 34.0 Å². The molecular formula is C21H18N4OS2. The number of aryl methyl sites for hydroxylation is 1. The standard InChI is InChI=1S/C21H18N4OS2/c1-15-13-28-21(24-15)25-20-19(26-17-8-3-2-4-9-17)11-18(12-23-20)27-14-16-7-5-6-10-22-16/h2-13H,14H2,1H3,(H,23,24,25). The zero-order valence-electron chi connectivity index (χ0n) is 15.2. The molecular weight excluding hydrogens is 388 g/mol. The summed E-state index contributed by atoms with van der Waals surface area (Å²) in [6, 6.07) is 17.6. The maximum atomic E-state index is 6.10. The first-order valence-electron chi connectivity index (χ1n) is 8.71. The van der Waals surface area contributed by atoms with Gasteiger partial charge in [0.05, 0.1) is 11.4 Å². The fourth-order valence-corrected chi connectivity index (χ4v) is 3.94. The predicted molar refractivity (Wildman–Crippen MR) is 115 cm³/mol. The van der Waals surface area contributed by atoms with Gasteiger partial charge in [0.1, 0.15) is 5.75 Å². The van der Waals surface area contributed by atoms with Gasteiger partial charge >= 0.3 is 0 Å². The van der Waals surface area contributed by atoms with Gasteiger partial charge in [-0.1, -0.05) is 24.3 Å². The molecule has 4 rings (SSSR count). The first kappa shape index (κ1) is 18.5. The second kappa shape index (κ2) is 8.86. The Morgan fingerprint density at radius 1 is 1.07 bits per heavy atom. The van der Waals surface area contributed by atoms with E-state index in [0.717, 1.165) is 32.9 Å². The first-order valence-corrected chi connectivity index (χ1v) is 10.6. The number of thiazole rings is 1. The zero-order valence-corrected chi connectivity index (χ0v) is 16.8. The number of thioether (sulfide) groups is 1. The minimum absolute atomic E-state index is 0.639. The lowest BCUT2D eigenvalue weighted by molar-refractivity contribution is 0.481. The van der Waals surface area contributed by atoms with E-state index < -0.39 is 0 Å². The van der Waals surface area contributed by atoms with Crippen molar-refractivity contribution in [2.75, 3.05) is 5.32 Å². The molecule has 7 heteroatoms. The third kappa shape index (κ3) is 4.88. The highest BCUT2D eigenvalue weighted by Gasteiger charge is 2.11. The fourth-order valence-electron chi connectivity index (χ4n) is 2.45. The van der Waals surface area contributed by atoms with Crippen LogP contribution in [0.5, 0.6) is 11.5 Å². The first-order chi connectivity index (χ1) is 13.8. The summed E-state index contributed by atoms with van der Waals surface area (Å²) < 4.78 is 6.10. The molecule has 28 heavy (non-hydrogen) atoms. The number of hydrogen-bond donors (Lipinski definition) is 1. The molecule has 0 spiro atoms. The number of aromatic nitrogens is 3. The van der Waals surface area contributed by atoms with Gasteiger partial charge in [-0.25, -0.2) is 9.97 Å². The van der Waals surface area contributed by atoms with Crippen molar-refractivity contribution in [1.82, 2.24) is 15.0 Å². The molecule has 1 N–H and O–H groups in total. The molecule has 0 atom stereocenters. The molecule has 5 nitrogen and oxygen atoms in total. The van der Waals surface area contributed by atoms with Crippen LogP contribution in [0.25, 0.3) is 0 Å². The topological polar surface area (TPSA) is 59.9 Å². The Bertz CT molecular complexity index is 1040. The van der Waals surface area contributed by atoms with Crippen LogP contribution in [0.2, 0.25) is 0 Å². The van der Waals surface area contributed by atoms with Crippen molar-refractivity contribution in [2.45, 2.75) is 17.6 Å². The molecule has 0 fully saturated rings. The van der Waals surface area contributed by atoms with Crippen LogP contribution in [0.1, 0.15) is 11.4 Å². The second-order valence-electron chi connectivity index (χ2n) is 5.96. The lowest BCUT2D eigenvalue weighted by Crippen LogP contribution is -1.98. The number of hydrogen-bond acceptors (Lipinski definition) is 7. The highest BCUT2D eigenvalue weighted by atomic mass is 32.2. The van der Waals surface area contributed by atoms with Gasteiger partial charge < -0.3 is 10.1 Å². The number of benzene rings is 1. The Kier molecular flexibility index (Phi) is 5.84. The lowest BCUT2D eigenvalue weighted by atomic mass is 10.3. The van der Waals surface area contributed by atoms with E-state index in [0.29, 0.717) is 11.6 Å². The molecule has 0 saturated carbocycles. The minimum Gasteiger partial charge on any atom is -0.453 e. The van der Waals surface area contributed by atoms with Gasteiger partial charge in [-0.15, -0.1) is 23.1 Å². The average Bonchev–Trinajstić information content (AvgIpc) is 3.14. The van der Waals surface area contributed by atoms with Crippen LogP contribution < -0.4 is 10.1 Å². The molecule has 0 amide bonds. The van der Waals surface area contributed by atoms with E-state index >= 15 is 0 Å². The fraction of sp³-hybridized carbons (Fsp3) is 0.0952. The number of rotatable bonds is 7. The Morgan fingerprint density at radius 2 is 1.93 bits per heavy atom. The SMILES string of the molecule is Cc1csc(Nc2ncc(SCc3ccccn3)cc2Oc2ccccc2)n1. The Morgan fingerprint density at radius 3 is 2.68 bits per heavy atom. The molecule has 0 saturated heterocycles. The second-order valence-corrected chi connectivity index (χ2v) is 7.87. The molecule has 4 aromatic rings. The minimum atomic E-state index is 0.639. The van der Waals surface area contributed by atoms with Crippen molar-refractivity contribution in [3.05, 3.63) is 83.8 Å². The molecule has 140 valence electrons. The lowest BCUT2D eigenvalue weighted by Gasteiger charge is -2.12. The van der Waals surface area contributed by atoms with Gasteiger partial charge in [-0.2, -0.15) is 0 Å². The summed E-state index contributed by atoms with van der Waals surface area (Å²) in [5, 5.41) is 6.05. The van der Waals surface area contributed by atoms with Crippen LogP contribution in [0, 0.1) is 6.92 Å². The molecule has 1 aromatic carbocycles. The molecule has 0 aliphatic rings. The predicted octanol–water partition coefficient (Wildman–Crippen LogP) is 6.07. The van der Waals surface area contributed by atoms with Crippen molar-refractivity contribution in [1.29, 1.82) is 0 Å². The van der Waals surface area contributed by atoms with Gasteiger partial charge in [0, 0.05) is 28.4 Å². The number of nitrogens with zero attached hydrogens (tertiary/aromatic N) is 3. The van der Waals surface area contributed by atoms with E-state index in [-0.39, 0.29) is 0 Å². The van der Waals surface area contributed by atoms with Gasteiger partial charge in [-0.05, 0) is 37.3 Å². The third-order valence-electron chi connectivity index (χ3n) is 3.76. The number of ether oxygens (including phenoxy) is 1. The number of pyridine rings is 2. The van der Waals surface area contributed by atoms with Crippen LogP contribution >= 0.6 is 23.1 Å². The number of para-hydroxylation sites is 1. The summed E-state index contributed by atoms with van der Waals surface area (Å²) >= 11 is 3.21. The van der Waals surface area contributed by atoms with Crippen LogP contribution in [-0.2, 0) is 5.75 Å². The number of nitrogens with one attached hydrogen (secondary N) is 1. The Balaban J connectivity index is 1.57. The molecule has 3 aromatic heterocycles. The molecule has 0 aliphatic heterocycles. The van der Waals surface area contributed by atoms with Crippen LogP contribution in [0.3, 0.4) is 0 Å². The van der Waals surface area contributed by atoms with Crippen LogP contribution in [0.4, 0.5) is 10.9 Å². The van der Waals surface area contributed by atoms with E-state index in [2.05, 4.69) is 20.3 Å². The monoisotopic (exact) mass is 406 g/mol. The quantitative estimate of drug-likeness (QED) is 0.376. The highest BCUT2D eigenvalue weighted by molar-refractivity contribution is 7.98. The average molecular weight is 407 g/mol. The normalized spacial score (nSPS) is 10.6. The van der Waals surface area contributed by atoms with Crippen molar-refractivity contribution < 1.29 is 4.74 Å². The van der Waals surface area contributed by atoms with E-state index in [4.69, 9.17) is 4.74 Å². The Labute approximate surface area is 171 Å². The summed E-state index contributed by atoms with van der Waals surface area (Å²) in [7, 11) is 0. The number of anilines is 2. The maximum Gasteiger partial charge on any atom is 0.188 e. The van der Waals surface area contributed by atoms with Crippen molar-refractivity contribution in [3.63, 3.8) is 0 Å². The van der Waals surface area contributed by atoms with Gasteiger partial charge in [0.15, 0.2) is 16.7 Å².